The molecule has 1 aromatic carbocycles. The van der Waals surface area contributed by atoms with Gasteiger partial charge in [0.2, 0.25) is 0 Å². The average Bonchev–Trinajstić information content (AvgIpc) is 3.18. The average molecular weight is 411 g/mol. The molecule has 0 bridgehead atoms. The molecule has 1 aliphatic rings. The molecular formula is C19H21Cl2FN4O. The Morgan fingerprint density at radius 3 is 2.67 bits per heavy atom. The van der Waals surface area contributed by atoms with Gasteiger partial charge >= 0.3 is 6.03 Å². The highest BCUT2D eigenvalue weighted by Gasteiger charge is 2.16. The van der Waals surface area contributed by atoms with Gasteiger partial charge in [-0.3, -0.25) is 0 Å². The summed E-state index contributed by atoms with van der Waals surface area (Å²) < 4.78 is 13.6. The van der Waals surface area contributed by atoms with Crippen molar-refractivity contribution in [2.45, 2.75) is 32.4 Å². The molecule has 1 fully saturated rings. The van der Waals surface area contributed by atoms with Crippen molar-refractivity contribution in [2.75, 3.05) is 18.0 Å². The number of aromatic nitrogens is 1. The van der Waals surface area contributed by atoms with Gasteiger partial charge in [-0.15, -0.1) is 0 Å². The van der Waals surface area contributed by atoms with Crippen LogP contribution in [0.25, 0.3) is 0 Å². The molecule has 0 spiro atoms. The third kappa shape index (κ3) is 5.02. The van der Waals surface area contributed by atoms with Crippen molar-refractivity contribution in [3.63, 3.8) is 0 Å². The second-order valence-corrected chi connectivity index (χ2v) is 7.37. The van der Waals surface area contributed by atoms with Crippen molar-refractivity contribution >= 4 is 35.1 Å². The van der Waals surface area contributed by atoms with Crippen LogP contribution in [-0.4, -0.2) is 24.1 Å². The van der Waals surface area contributed by atoms with E-state index in [4.69, 9.17) is 23.2 Å². The maximum absolute atomic E-state index is 13.6. The van der Waals surface area contributed by atoms with Crippen LogP contribution in [0.1, 0.15) is 36.9 Å². The van der Waals surface area contributed by atoms with E-state index in [0.29, 0.717) is 17.1 Å². The van der Waals surface area contributed by atoms with Gasteiger partial charge < -0.3 is 15.5 Å². The van der Waals surface area contributed by atoms with E-state index in [9.17, 15) is 9.18 Å². The number of halogens is 3. The van der Waals surface area contributed by atoms with E-state index in [2.05, 4.69) is 20.5 Å². The van der Waals surface area contributed by atoms with Gasteiger partial charge in [0.05, 0.1) is 11.1 Å². The predicted molar refractivity (Wildman–Crippen MR) is 106 cm³/mol. The smallest absolute Gasteiger partial charge is 0.315 e. The zero-order chi connectivity index (χ0) is 19.4. The van der Waals surface area contributed by atoms with E-state index in [-0.39, 0.29) is 11.1 Å². The lowest BCUT2D eigenvalue weighted by Gasteiger charge is -2.18. The summed E-state index contributed by atoms with van der Waals surface area (Å²) >= 11 is 11.8. The summed E-state index contributed by atoms with van der Waals surface area (Å²) in [5.74, 6) is 0.392. The Balaban J connectivity index is 1.52. The maximum Gasteiger partial charge on any atom is 0.315 e. The Morgan fingerprint density at radius 1 is 1.26 bits per heavy atom. The Bertz CT molecular complexity index is 810. The number of anilines is 1. The second-order valence-electron chi connectivity index (χ2n) is 6.56. The van der Waals surface area contributed by atoms with Crippen molar-refractivity contribution in [1.82, 2.24) is 15.6 Å². The molecule has 2 heterocycles. The number of nitrogens with zero attached hydrogens (tertiary/aromatic N) is 2. The second kappa shape index (κ2) is 8.76. The zero-order valence-electron chi connectivity index (χ0n) is 14.9. The van der Waals surface area contributed by atoms with E-state index in [1.165, 1.54) is 25.0 Å². The first kappa shape index (κ1) is 19.7. The van der Waals surface area contributed by atoms with Crippen LogP contribution in [0.3, 0.4) is 0 Å². The molecule has 1 aromatic heterocycles. The minimum absolute atomic E-state index is 0.0507. The lowest BCUT2D eigenvalue weighted by Crippen LogP contribution is -2.36. The van der Waals surface area contributed by atoms with Crippen LogP contribution in [0.5, 0.6) is 0 Å². The summed E-state index contributed by atoms with van der Waals surface area (Å²) in [6.45, 7) is 4.15. The summed E-state index contributed by atoms with van der Waals surface area (Å²) in [6.07, 6.45) is 4.17. The van der Waals surface area contributed by atoms with Gasteiger partial charge in [0.1, 0.15) is 11.6 Å². The van der Waals surface area contributed by atoms with Crippen molar-refractivity contribution in [2.24, 2.45) is 0 Å². The maximum atomic E-state index is 13.6. The van der Waals surface area contributed by atoms with Crippen LogP contribution < -0.4 is 15.5 Å². The molecule has 0 saturated carbocycles. The van der Waals surface area contributed by atoms with Crippen LogP contribution in [0.4, 0.5) is 15.0 Å². The highest BCUT2D eigenvalue weighted by molar-refractivity contribution is 6.35. The van der Waals surface area contributed by atoms with Gasteiger partial charge in [-0.1, -0.05) is 29.3 Å². The number of nitrogens with one attached hydrogen (secondary N) is 2. The van der Waals surface area contributed by atoms with Gasteiger partial charge in [0.25, 0.3) is 0 Å². The summed E-state index contributed by atoms with van der Waals surface area (Å²) in [4.78, 5) is 18.8. The lowest BCUT2D eigenvalue weighted by molar-refractivity contribution is 0.237. The fourth-order valence-electron chi connectivity index (χ4n) is 3.03. The summed E-state index contributed by atoms with van der Waals surface area (Å²) in [7, 11) is 0. The summed E-state index contributed by atoms with van der Waals surface area (Å²) in [6, 6.07) is 5.64. The predicted octanol–water partition coefficient (Wildman–Crippen LogP) is 4.69. The molecule has 1 atom stereocenters. The number of hydrogen-bond donors (Lipinski definition) is 2. The molecule has 8 heteroatoms. The van der Waals surface area contributed by atoms with Crippen LogP contribution >= 0.6 is 23.2 Å². The topological polar surface area (TPSA) is 57.3 Å². The van der Waals surface area contributed by atoms with Gasteiger partial charge in [-0.25, -0.2) is 14.2 Å². The van der Waals surface area contributed by atoms with Gasteiger partial charge in [0, 0.05) is 30.9 Å². The number of rotatable bonds is 5. The zero-order valence-corrected chi connectivity index (χ0v) is 16.4. The third-order valence-electron chi connectivity index (χ3n) is 4.55. The van der Waals surface area contributed by atoms with E-state index in [1.807, 2.05) is 12.1 Å². The number of urea groups is 1. The Hall–Kier alpha value is -2.05. The molecule has 3 rings (SSSR count). The number of hydrogen-bond acceptors (Lipinski definition) is 3. The first-order valence-electron chi connectivity index (χ1n) is 8.82. The molecule has 2 N–H and O–H groups in total. The van der Waals surface area contributed by atoms with Crippen molar-refractivity contribution in [1.29, 1.82) is 0 Å². The highest BCUT2D eigenvalue weighted by atomic mass is 35.5. The van der Waals surface area contributed by atoms with Gasteiger partial charge in [-0.05, 0) is 49.1 Å². The molecule has 5 nitrogen and oxygen atoms in total. The van der Waals surface area contributed by atoms with Crippen molar-refractivity contribution in [3.8, 4) is 0 Å². The summed E-state index contributed by atoms with van der Waals surface area (Å²) in [5, 5.41) is 5.76. The molecule has 27 heavy (non-hydrogen) atoms. The molecule has 0 radical (unpaired) electrons. The Labute approximate surface area is 167 Å². The number of benzene rings is 1. The molecular weight excluding hydrogens is 390 g/mol. The fraction of sp³-hybridized carbons (Fsp3) is 0.368. The monoisotopic (exact) mass is 410 g/mol. The molecule has 1 unspecified atom stereocenters. The quantitative estimate of drug-likeness (QED) is 0.702. The van der Waals surface area contributed by atoms with E-state index in [1.54, 1.807) is 13.1 Å². The standard InChI is InChI=1S/C19H21Cl2FN4O/c1-12(14-8-17(22)16(21)9-15(14)20)25-19(27)24-11-13-4-5-18(23-10-13)26-6-2-3-7-26/h4-5,8-10,12H,2-3,6-7,11H2,1H3,(H2,24,25,27). The number of amides is 2. The fourth-order valence-corrected chi connectivity index (χ4v) is 3.58. The van der Waals surface area contributed by atoms with Crippen LogP contribution in [0, 0.1) is 5.82 Å². The van der Waals surface area contributed by atoms with Crippen LogP contribution in [0.15, 0.2) is 30.5 Å². The third-order valence-corrected chi connectivity index (χ3v) is 5.16. The van der Waals surface area contributed by atoms with Crippen LogP contribution in [-0.2, 0) is 6.54 Å². The molecule has 0 aliphatic carbocycles. The van der Waals surface area contributed by atoms with E-state index < -0.39 is 11.9 Å². The van der Waals surface area contributed by atoms with Crippen molar-refractivity contribution in [3.05, 3.63) is 57.5 Å². The van der Waals surface area contributed by atoms with E-state index >= 15 is 0 Å². The summed E-state index contributed by atoms with van der Waals surface area (Å²) in [5.41, 5.74) is 1.36. The lowest BCUT2D eigenvalue weighted by atomic mass is 10.1. The van der Waals surface area contributed by atoms with Crippen LogP contribution in [0.2, 0.25) is 10.0 Å². The Kier molecular flexibility index (Phi) is 6.39. The Morgan fingerprint density at radius 2 is 2.00 bits per heavy atom. The van der Waals surface area contributed by atoms with Gasteiger partial charge in [-0.2, -0.15) is 0 Å². The van der Waals surface area contributed by atoms with Gasteiger partial charge in [0.15, 0.2) is 0 Å². The SMILES string of the molecule is CC(NC(=O)NCc1ccc(N2CCCC2)nc1)c1cc(F)c(Cl)cc1Cl. The number of carbonyl (C=O) groups excluding carboxylic acids is 1. The largest absolute Gasteiger partial charge is 0.357 e. The van der Waals surface area contributed by atoms with E-state index in [0.717, 1.165) is 24.5 Å². The van der Waals surface area contributed by atoms with Crippen molar-refractivity contribution < 1.29 is 9.18 Å². The molecule has 1 saturated heterocycles. The molecule has 1 aliphatic heterocycles. The number of carbonyl (C=O) groups is 1. The highest BCUT2D eigenvalue weighted by Crippen LogP contribution is 2.28. The minimum Gasteiger partial charge on any atom is -0.357 e. The first-order chi connectivity index (χ1) is 12.9. The molecule has 2 aromatic rings. The molecule has 2 amide bonds. The number of pyridine rings is 1. The molecule has 144 valence electrons. The first-order valence-corrected chi connectivity index (χ1v) is 9.58. The normalized spacial score (nSPS) is 14.9. The minimum atomic E-state index is -0.575.